The molecule has 0 unspecified atom stereocenters. The Labute approximate surface area is 139 Å². The van der Waals surface area contributed by atoms with E-state index in [9.17, 15) is 22.4 Å². The van der Waals surface area contributed by atoms with Crippen LogP contribution in [0.1, 0.15) is 25.2 Å². The van der Waals surface area contributed by atoms with Crippen molar-refractivity contribution in [1.29, 1.82) is 0 Å². The van der Waals surface area contributed by atoms with E-state index in [1.165, 1.54) is 0 Å². The fraction of sp³-hybridized carbons (Fsp3) is 0.176. The van der Waals surface area contributed by atoms with Crippen molar-refractivity contribution in [3.8, 4) is 5.69 Å². The first-order chi connectivity index (χ1) is 11.8. The third kappa shape index (κ3) is 2.89. The molecular weight excluding hydrogens is 338 g/mol. The zero-order valence-corrected chi connectivity index (χ0v) is 13.1. The van der Waals surface area contributed by atoms with E-state index >= 15 is 0 Å². The molecule has 0 fully saturated rings. The number of hydrogen-bond donors (Lipinski definition) is 1. The maximum absolute atomic E-state index is 14.1. The van der Waals surface area contributed by atoms with Crippen LogP contribution in [-0.4, -0.2) is 9.55 Å². The average molecular weight is 351 g/mol. The molecule has 0 saturated carbocycles. The Morgan fingerprint density at radius 2 is 1.68 bits per heavy atom. The monoisotopic (exact) mass is 351 g/mol. The highest BCUT2D eigenvalue weighted by molar-refractivity contribution is 5.79. The van der Waals surface area contributed by atoms with E-state index in [0.29, 0.717) is 12.5 Å². The molecule has 0 aliphatic rings. The van der Waals surface area contributed by atoms with E-state index in [1.54, 1.807) is 6.92 Å². The van der Waals surface area contributed by atoms with E-state index in [2.05, 4.69) is 4.98 Å². The van der Waals surface area contributed by atoms with Gasteiger partial charge in [0.05, 0.1) is 11.7 Å². The van der Waals surface area contributed by atoms with Gasteiger partial charge in [-0.05, 0) is 30.7 Å². The number of nitrogens with two attached hydrogens (primary N) is 1. The normalized spacial score (nSPS) is 12.6. The van der Waals surface area contributed by atoms with Gasteiger partial charge in [0.2, 0.25) is 0 Å². The predicted octanol–water partition coefficient (Wildman–Crippen LogP) is 3.35. The van der Waals surface area contributed by atoms with Crippen molar-refractivity contribution >= 4 is 10.9 Å². The van der Waals surface area contributed by atoms with Gasteiger partial charge >= 0.3 is 0 Å². The summed E-state index contributed by atoms with van der Waals surface area (Å²) in [4.78, 5) is 16.8. The first-order valence-electron chi connectivity index (χ1n) is 7.46. The van der Waals surface area contributed by atoms with E-state index in [1.807, 2.05) is 0 Å². The second-order valence-corrected chi connectivity index (χ2v) is 5.51. The van der Waals surface area contributed by atoms with Crippen molar-refractivity contribution in [2.45, 2.75) is 19.4 Å². The van der Waals surface area contributed by atoms with Gasteiger partial charge in [0.25, 0.3) is 5.56 Å². The summed E-state index contributed by atoms with van der Waals surface area (Å²) < 4.78 is 56.1. The Kier molecular flexibility index (Phi) is 4.30. The zero-order valence-electron chi connectivity index (χ0n) is 13.1. The molecule has 4 nitrogen and oxygen atoms in total. The molecule has 2 aromatic carbocycles. The molecule has 3 aromatic rings. The Hall–Kier alpha value is -2.74. The number of nitrogens with zero attached hydrogens (tertiary/aromatic N) is 2. The number of halogens is 4. The minimum atomic E-state index is -0.995. The number of rotatable bonds is 3. The van der Waals surface area contributed by atoms with Crippen LogP contribution in [0.2, 0.25) is 0 Å². The van der Waals surface area contributed by atoms with E-state index in [4.69, 9.17) is 5.73 Å². The molecule has 0 amide bonds. The lowest BCUT2D eigenvalue weighted by Crippen LogP contribution is -2.29. The number of benzene rings is 2. The largest absolute Gasteiger partial charge is 0.321 e. The summed E-state index contributed by atoms with van der Waals surface area (Å²) in [5.41, 5.74) is 4.25. The maximum Gasteiger partial charge on any atom is 0.269 e. The maximum atomic E-state index is 14.1. The summed E-state index contributed by atoms with van der Waals surface area (Å²) in [6.45, 7) is 1.69. The molecule has 130 valence electrons. The van der Waals surface area contributed by atoms with Crippen molar-refractivity contribution in [3.05, 3.63) is 69.8 Å². The molecule has 0 bridgehead atoms. The van der Waals surface area contributed by atoms with Crippen molar-refractivity contribution in [2.24, 2.45) is 5.73 Å². The number of fused-ring (bicyclic) bond motifs is 1. The third-order valence-electron chi connectivity index (χ3n) is 3.83. The topological polar surface area (TPSA) is 60.9 Å². The highest BCUT2D eigenvalue weighted by Crippen LogP contribution is 2.22. The first-order valence-corrected chi connectivity index (χ1v) is 7.46. The van der Waals surface area contributed by atoms with Crippen LogP contribution in [0.25, 0.3) is 16.6 Å². The summed E-state index contributed by atoms with van der Waals surface area (Å²) >= 11 is 0. The number of hydrogen-bond acceptors (Lipinski definition) is 3. The highest BCUT2D eigenvalue weighted by atomic mass is 19.1. The van der Waals surface area contributed by atoms with Gasteiger partial charge in [0, 0.05) is 6.07 Å². The molecule has 0 saturated heterocycles. The van der Waals surface area contributed by atoms with Gasteiger partial charge in [-0.25, -0.2) is 22.5 Å². The van der Waals surface area contributed by atoms with Crippen molar-refractivity contribution in [1.82, 2.24) is 9.55 Å². The first kappa shape index (κ1) is 17.1. The molecular formula is C17H13F4N3O. The molecule has 0 aliphatic heterocycles. The minimum absolute atomic E-state index is 0.116. The van der Waals surface area contributed by atoms with Crippen molar-refractivity contribution < 1.29 is 17.6 Å². The second-order valence-electron chi connectivity index (χ2n) is 5.51. The summed E-state index contributed by atoms with van der Waals surface area (Å²) in [6, 6.07) is 3.21. The van der Waals surface area contributed by atoms with Gasteiger partial charge in [0.1, 0.15) is 40.0 Å². The van der Waals surface area contributed by atoms with Crippen LogP contribution < -0.4 is 11.3 Å². The molecule has 8 heteroatoms. The van der Waals surface area contributed by atoms with Crippen molar-refractivity contribution in [3.63, 3.8) is 0 Å². The quantitative estimate of drug-likeness (QED) is 0.736. The summed E-state index contributed by atoms with van der Waals surface area (Å²) in [5.74, 6) is -3.86. The SMILES string of the molecule is CC[C@H](N)c1nc2c(F)ccc(F)c2c(=O)n1-c1cc(F)cc(F)c1. The Morgan fingerprint density at radius 1 is 1.08 bits per heavy atom. The van der Waals surface area contributed by atoms with Crippen LogP contribution in [0.5, 0.6) is 0 Å². The van der Waals surface area contributed by atoms with Crippen LogP contribution >= 0.6 is 0 Å². The van der Waals surface area contributed by atoms with Gasteiger partial charge in [0.15, 0.2) is 0 Å². The van der Waals surface area contributed by atoms with Gasteiger partial charge in [-0.3, -0.25) is 9.36 Å². The van der Waals surface area contributed by atoms with Crippen LogP contribution in [0, 0.1) is 23.3 Å². The molecule has 0 spiro atoms. The molecule has 25 heavy (non-hydrogen) atoms. The van der Waals surface area contributed by atoms with Crippen LogP contribution in [0.3, 0.4) is 0 Å². The van der Waals surface area contributed by atoms with Gasteiger partial charge in [-0.15, -0.1) is 0 Å². The lowest BCUT2D eigenvalue weighted by atomic mass is 10.1. The van der Waals surface area contributed by atoms with E-state index in [0.717, 1.165) is 28.8 Å². The van der Waals surface area contributed by atoms with Gasteiger partial charge in [-0.1, -0.05) is 6.92 Å². The third-order valence-corrected chi connectivity index (χ3v) is 3.83. The molecule has 0 radical (unpaired) electrons. The molecule has 1 atom stereocenters. The molecule has 1 heterocycles. The lowest BCUT2D eigenvalue weighted by molar-refractivity contribution is 0.574. The Morgan fingerprint density at radius 3 is 2.28 bits per heavy atom. The second kappa shape index (κ2) is 6.29. The lowest BCUT2D eigenvalue weighted by Gasteiger charge is -2.18. The number of aromatic nitrogens is 2. The standard InChI is InChI=1S/C17H13F4N3O/c1-2-13(22)16-23-15-12(21)4-3-11(20)14(15)17(25)24(16)10-6-8(18)5-9(19)7-10/h3-7,13H,2,22H2,1H3/t13-/m0/s1. The molecule has 3 rings (SSSR count). The summed E-state index contributed by atoms with van der Waals surface area (Å²) in [7, 11) is 0. The average Bonchev–Trinajstić information content (AvgIpc) is 2.55. The predicted molar refractivity (Wildman–Crippen MR) is 84.4 cm³/mol. The summed E-state index contributed by atoms with van der Waals surface area (Å²) in [5, 5.41) is -0.614. The van der Waals surface area contributed by atoms with Crippen LogP contribution in [0.4, 0.5) is 17.6 Å². The smallest absolute Gasteiger partial charge is 0.269 e. The molecule has 1 aromatic heterocycles. The summed E-state index contributed by atoms with van der Waals surface area (Å²) in [6.07, 6.45) is 0.312. The zero-order chi connectivity index (χ0) is 18.3. The van der Waals surface area contributed by atoms with Crippen LogP contribution in [-0.2, 0) is 0 Å². The van der Waals surface area contributed by atoms with Gasteiger partial charge in [-0.2, -0.15) is 0 Å². The fourth-order valence-corrected chi connectivity index (χ4v) is 2.58. The molecule has 2 N–H and O–H groups in total. The van der Waals surface area contributed by atoms with Gasteiger partial charge < -0.3 is 5.73 Å². The highest BCUT2D eigenvalue weighted by Gasteiger charge is 2.21. The Balaban J connectivity index is 2.50. The minimum Gasteiger partial charge on any atom is -0.321 e. The van der Waals surface area contributed by atoms with E-state index in [-0.39, 0.29) is 11.5 Å². The van der Waals surface area contributed by atoms with Crippen LogP contribution in [0.15, 0.2) is 35.1 Å². The van der Waals surface area contributed by atoms with Crippen molar-refractivity contribution in [2.75, 3.05) is 0 Å². The Bertz CT molecular complexity index is 1010. The van der Waals surface area contributed by atoms with E-state index < -0.39 is 45.8 Å². The molecule has 0 aliphatic carbocycles. The fourth-order valence-electron chi connectivity index (χ4n) is 2.58.